The number of rotatable bonds is 5. The summed E-state index contributed by atoms with van der Waals surface area (Å²) in [6.07, 6.45) is 0. The van der Waals surface area contributed by atoms with Gasteiger partial charge in [0.25, 0.3) is 0 Å². The van der Waals surface area contributed by atoms with Crippen LogP contribution in [0, 0.1) is 5.82 Å². The van der Waals surface area contributed by atoms with Gasteiger partial charge in [0, 0.05) is 42.8 Å². The Bertz CT molecular complexity index is 733. The quantitative estimate of drug-likeness (QED) is 0.766. The summed E-state index contributed by atoms with van der Waals surface area (Å²) in [5.41, 5.74) is 1.10. The van der Waals surface area contributed by atoms with E-state index < -0.39 is 0 Å². The highest BCUT2D eigenvalue weighted by Gasteiger charge is 2.21. The molecular weight excluding hydrogens is 339 g/mol. The Morgan fingerprint density at radius 2 is 1.88 bits per heavy atom. The maximum Gasteiger partial charge on any atom is 0.233 e. The summed E-state index contributed by atoms with van der Waals surface area (Å²) in [7, 11) is 1.66. The molecule has 0 unspecified atom stereocenters. The van der Waals surface area contributed by atoms with Crippen molar-refractivity contribution in [2.75, 3.05) is 43.9 Å². The molecule has 0 spiro atoms. The number of ether oxygens (including phenoxy) is 1. The second-order valence-corrected chi connectivity index (χ2v) is 6.81. The number of hydrogen-bond donors (Lipinski definition) is 0. The van der Waals surface area contributed by atoms with Gasteiger partial charge in [0.1, 0.15) is 11.6 Å². The van der Waals surface area contributed by atoms with Crippen LogP contribution in [0.5, 0.6) is 5.75 Å². The second kappa shape index (κ2) is 8.25. The van der Waals surface area contributed by atoms with Crippen LogP contribution in [0.1, 0.15) is 0 Å². The average molecular weight is 360 g/mol. The van der Waals surface area contributed by atoms with Crippen LogP contribution in [0.25, 0.3) is 0 Å². The highest BCUT2D eigenvalue weighted by atomic mass is 32.2. The molecule has 0 N–H and O–H groups in total. The van der Waals surface area contributed by atoms with Gasteiger partial charge in [0.05, 0.1) is 12.9 Å². The van der Waals surface area contributed by atoms with E-state index in [-0.39, 0.29) is 17.5 Å². The van der Waals surface area contributed by atoms with Crippen molar-refractivity contribution >= 4 is 23.4 Å². The summed E-state index contributed by atoms with van der Waals surface area (Å²) in [6, 6.07) is 14.5. The average Bonchev–Trinajstić information content (AvgIpc) is 2.67. The minimum Gasteiger partial charge on any atom is -0.497 e. The first-order chi connectivity index (χ1) is 12.2. The Labute approximate surface area is 151 Å². The van der Waals surface area contributed by atoms with Gasteiger partial charge in [-0.2, -0.15) is 0 Å². The van der Waals surface area contributed by atoms with Crippen LogP contribution >= 0.6 is 11.8 Å². The van der Waals surface area contributed by atoms with Crippen LogP contribution in [0.4, 0.5) is 10.1 Å². The summed E-state index contributed by atoms with van der Waals surface area (Å²) in [5, 5.41) is 0. The number of amides is 1. The number of anilines is 1. The van der Waals surface area contributed by atoms with Crippen molar-refractivity contribution < 1.29 is 13.9 Å². The van der Waals surface area contributed by atoms with E-state index >= 15 is 0 Å². The molecule has 4 nitrogen and oxygen atoms in total. The van der Waals surface area contributed by atoms with Gasteiger partial charge in [-0.25, -0.2) is 4.39 Å². The normalized spacial score (nSPS) is 14.5. The molecule has 1 aliphatic rings. The third kappa shape index (κ3) is 4.45. The third-order valence-corrected chi connectivity index (χ3v) is 5.27. The molecule has 0 saturated carbocycles. The lowest BCUT2D eigenvalue weighted by Crippen LogP contribution is -2.49. The van der Waals surface area contributed by atoms with Crippen molar-refractivity contribution in [3.63, 3.8) is 0 Å². The number of thioether (sulfide) groups is 1. The molecule has 3 rings (SSSR count). The molecule has 1 saturated heterocycles. The number of halogens is 1. The predicted octanol–water partition coefficient (Wildman–Crippen LogP) is 3.28. The van der Waals surface area contributed by atoms with Crippen LogP contribution in [-0.2, 0) is 4.79 Å². The van der Waals surface area contributed by atoms with Gasteiger partial charge in [-0.3, -0.25) is 4.79 Å². The molecule has 0 aromatic heterocycles. The minimum atomic E-state index is -0.275. The number of carbonyl (C=O) groups is 1. The van der Waals surface area contributed by atoms with Crippen LogP contribution in [0.2, 0.25) is 0 Å². The van der Waals surface area contributed by atoms with Gasteiger partial charge in [-0.15, -0.1) is 11.8 Å². The third-order valence-electron chi connectivity index (χ3n) is 4.24. The maximum absolute atomic E-state index is 13.6. The molecule has 0 radical (unpaired) electrons. The largest absolute Gasteiger partial charge is 0.497 e. The highest BCUT2D eigenvalue weighted by molar-refractivity contribution is 8.00. The lowest BCUT2D eigenvalue weighted by Gasteiger charge is -2.36. The van der Waals surface area contributed by atoms with Crippen LogP contribution < -0.4 is 9.64 Å². The van der Waals surface area contributed by atoms with Gasteiger partial charge in [0.2, 0.25) is 5.91 Å². The molecule has 0 aliphatic carbocycles. The van der Waals surface area contributed by atoms with E-state index in [9.17, 15) is 9.18 Å². The number of methoxy groups -OCH3 is 1. The highest BCUT2D eigenvalue weighted by Crippen LogP contribution is 2.24. The van der Waals surface area contributed by atoms with E-state index in [0.29, 0.717) is 18.0 Å². The van der Waals surface area contributed by atoms with E-state index in [1.165, 1.54) is 17.8 Å². The lowest BCUT2D eigenvalue weighted by molar-refractivity contribution is -0.128. The molecule has 1 aliphatic heterocycles. The van der Waals surface area contributed by atoms with Crippen LogP contribution in [0.3, 0.4) is 0 Å². The minimum absolute atomic E-state index is 0.0542. The van der Waals surface area contributed by atoms with Crippen molar-refractivity contribution in [1.82, 2.24) is 4.90 Å². The molecule has 132 valence electrons. The van der Waals surface area contributed by atoms with Crippen molar-refractivity contribution in [3.8, 4) is 5.75 Å². The zero-order valence-corrected chi connectivity index (χ0v) is 15.0. The molecule has 2 aromatic rings. The number of carbonyl (C=O) groups excluding carboxylic acids is 1. The molecular formula is C19H21FN2O2S. The molecule has 1 amide bonds. The topological polar surface area (TPSA) is 32.8 Å². The summed E-state index contributed by atoms with van der Waals surface area (Å²) in [5.74, 6) is 0.874. The van der Waals surface area contributed by atoms with Crippen LogP contribution in [0.15, 0.2) is 53.4 Å². The molecule has 0 atom stereocenters. The number of hydrogen-bond acceptors (Lipinski definition) is 4. The van der Waals surface area contributed by atoms with E-state index in [4.69, 9.17) is 4.74 Å². The summed E-state index contributed by atoms with van der Waals surface area (Å²) < 4.78 is 18.9. The number of benzene rings is 2. The molecule has 6 heteroatoms. The summed E-state index contributed by atoms with van der Waals surface area (Å²) in [6.45, 7) is 2.91. The first kappa shape index (κ1) is 17.6. The van der Waals surface area contributed by atoms with Crippen molar-refractivity contribution in [2.45, 2.75) is 4.90 Å². The molecule has 2 aromatic carbocycles. The van der Waals surface area contributed by atoms with Gasteiger partial charge in [-0.1, -0.05) is 18.2 Å². The van der Waals surface area contributed by atoms with Crippen molar-refractivity contribution in [1.29, 1.82) is 0 Å². The predicted molar refractivity (Wildman–Crippen MR) is 98.9 cm³/mol. The van der Waals surface area contributed by atoms with Gasteiger partial charge >= 0.3 is 0 Å². The van der Waals surface area contributed by atoms with Crippen LogP contribution in [-0.4, -0.2) is 49.8 Å². The van der Waals surface area contributed by atoms with Gasteiger partial charge in [-0.05, 0) is 24.3 Å². The molecule has 1 fully saturated rings. The Balaban J connectivity index is 1.51. The number of piperazine rings is 1. The van der Waals surface area contributed by atoms with E-state index in [1.54, 1.807) is 25.3 Å². The first-order valence-electron chi connectivity index (χ1n) is 8.21. The zero-order chi connectivity index (χ0) is 17.6. The van der Waals surface area contributed by atoms with E-state index in [1.807, 2.05) is 29.2 Å². The molecule has 0 bridgehead atoms. The first-order valence-corrected chi connectivity index (χ1v) is 9.20. The molecule has 1 heterocycles. The zero-order valence-electron chi connectivity index (χ0n) is 14.2. The summed E-state index contributed by atoms with van der Waals surface area (Å²) in [4.78, 5) is 17.0. The van der Waals surface area contributed by atoms with Gasteiger partial charge < -0.3 is 14.5 Å². The monoisotopic (exact) mass is 360 g/mol. The standard InChI is InChI=1S/C19H21FN2O2S/c1-24-16-6-4-5-15(13-16)21-9-11-22(12-10-21)19(23)14-25-18-8-3-2-7-17(18)20/h2-8,13H,9-12,14H2,1H3. The van der Waals surface area contributed by atoms with Crippen molar-refractivity contribution in [2.24, 2.45) is 0 Å². The Hall–Kier alpha value is -2.21. The fraction of sp³-hybridized carbons (Fsp3) is 0.316. The Kier molecular flexibility index (Phi) is 5.81. The van der Waals surface area contributed by atoms with Crippen molar-refractivity contribution in [3.05, 3.63) is 54.3 Å². The second-order valence-electron chi connectivity index (χ2n) is 5.79. The SMILES string of the molecule is COc1cccc(N2CCN(C(=O)CSc3ccccc3F)CC2)c1. The number of nitrogens with zero attached hydrogens (tertiary/aromatic N) is 2. The maximum atomic E-state index is 13.6. The fourth-order valence-electron chi connectivity index (χ4n) is 2.81. The Morgan fingerprint density at radius 3 is 2.60 bits per heavy atom. The van der Waals surface area contributed by atoms with E-state index in [2.05, 4.69) is 4.90 Å². The lowest BCUT2D eigenvalue weighted by atomic mass is 10.2. The fourth-order valence-corrected chi connectivity index (χ4v) is 3.66. The molecule has 25 heavy (non-hydrogen) atoms. The Morgan fingerprint density at radius 1 is 1.12 bits per heavy atom. The summed E-state index contributed by atoms with van der Waals surface area (Å²) >= 11 is 1.25. The van der Waals surface area contributed by atoms with E-state index in [0.717, 1.165) is 24.5 Å². The van der Waals surface area contributed by atoms with Gasteiger partial charge in [0.15, 0.2) is 0 Å². The smallest absolute Gasteiger partial charge is 0.233 e.